The maximum absolute atomic E-state index is 16.8. The van der Waals surface area contributed by atoms with Crippen LogP contribution in [0.3, 0.4) is 0 Å². The number of hydrogen-bond donors (Lipinski definition) is 2. The molecule has 1 aliphatic carbocycles. The van der Waals surface area contributed by atoms with Gasteiger partial charge in [0.1, 0.15) is 23.0 Å². The van der Waals surface area contributed by atoms with E-state index in [0.29, 0.717) is 47.0 Å². The molecule has 3 atom stereocenters. The van der Waals surface area contributed by atoms with E-state index >= 15 is 4.39 Å². The Labute approximate surface area is 265 Å². The number of rotatable bonds is 9. The lowest BCUT2D eigenvalue weighted by Crippen LogP contribution is -2.49. The molecule has 0 bridgehead atoms. The number of piperazine rings is 1. The summed E-state index contributed by atoms with van der Waals surface area (Å²) in [6, 6.07) is 9.58. The summed E-state index contributed by atoms with van der Waals surface area (Å²) >= 11 is 12.3. The molecule has 232 valence electrons. The van der Waals surface area contributed by atoms with Crippen LogP contribution in [0.15, 0.2) is 48.8 Å². The van der Waals surface area contributed by atoms with E-state index < -0.39 is 29.2 Å². The average molecular weight is 643 g/mol. The van der Waals surface area contributed by atoms with Gasteiger partial charge in [0.25, 0.3) is 5.91 Å². The van der Waals surface area contributed by atoms with E-state index in [1.807, 2.05) is 6.92 Å². The molecular formula is C32H34Cl2FN5O4. The highest BCUT2D eigenvalue weighted by Gasteiger charge is 2.56. The molecule has 0 spiro atoms. The molecular weight excluding hydrogens is 608 g/mol. The Morgan fingerprint density at radius 2 is 1.82 bits per heavy atom. The van der Waals surface area contributed by atoms with Gasteiger partial charge in [-0.1, -0.05) is 42.3 Å². The molecule has 0 radical (unpaired) electrons. The van der Waals surface area contributed by atoms with Gasteiger partial charge >= 0.3 is 0 Å². The Morgan fingerprint density at radius 1 is 1.11 bits per heavy atom. The quantitative estimate of drug-likeness (QED) is 0.354. The van der Waals surface area contributed by atoms with Crippen LogP contribution in [0.4, 0.5) is 4.39 Å². The minimum Gasteiger partial charge on any atom is -0.384 e. The fraction of sp³-hybridized carbons (Fsp3) is 0.438. The SMILES string of the molecule is CC[C@@](O)(CN1CCNCC1)c1cc(F)c2c(c1)C(=O)N(Cc1ncc(Cl)cn1)[C@@]2(O[C@H]1CCC(=O)C1)c1ccc(Cl)cc1. The largest absolute Gasteiger partial charge is 0.384 e. The Morgan fingerprint density at radius 3 is 2.45 bits per heavy atom. The van der Waals surface area contributed by atoms with Gasteiger partial charge < -0.3 is 15.2 Å². The zero-order valence-corrected chi connectivity index (χ0v) is 25.9. The number of aliphatic hydroxyl groups is 1. The van der Waals surface area contributed by atoms with Crippen molar-refractivity contribution in [2.24, 2.45) is 0 Å². The summed E-state index contributed by atoms with van der Waals surface area (Å²) < 4.78 is 23.6. The average Bonchev–Trinajstić information content (AvgIpc) is 3.53. The molecule has 44 heavy (non-hydrogen) atoms. The highest BCUT2D eigenvalue weighted by Crippen LogP contribution is 2.50. The number of carbonyl (C=O) groups excluding carboxylic acids is 2. The smallest absolute Gasteiger partial charge is 0.257 e. The van der Waals surface area contributed by atoms with Crippen LogP contribution in [0.5, 0.6) is 0 Å². The molecule has 1 aromatic heterocycles. The van der Waals surface area contributed by atoms with Crippen molar-refractivity contribution in [2.45, 2.75) is 56.6 Å². The number of halogens is 3. The number of aromatic nitrogens is 2. The minimum atomic E-state index is -1.76. The third-order valence-electron chi connectivity index (χ3n) is 8.85. The highest BCUT2D eigenvalue weighted by atomic mass is 35.5. The van der Waals surface area contributed by atoms with E-state index in [4.69, 9.17) is 27.9 Å². The van der Waals surface area contributed by atoms with Crippen LogP contribution in [0.1, 0.15) is 65.5 Å². The topological polar surface area (TPSA) is 108 Å². The van der Waals surface area contributed by atoms with Gasteiger partial charge in [-0.25, -0.2) is 14.4 Å². The van der Waals surface area contributed by atoms with Crippen LogP contribution >= 0.6 is 23.2 Å². The van der Waals surface area contributed by atoms with E-state index in [-0.39, 0.29) is 35.7 Å². The third kappa shape index (κ3) is 5.75. The summed E-state index contributed by atoms with van der Waals surface area (Å²) in [5, 5.41) is 16.0. The van der Waals surface area contributed by atoms with Gasteiger partial charge in [0.05, 0.1) is 28.8 Å². The molecule has 3 heterocycles. The van der Waals surface area contributed by atoms with E-state index in [0.717, 1.165) is 26.2 Å². The van der Waals surface area contributed by atoms with Crippen molar-refractivity contribution in [2.75, 3.05) is 32.7 Å². The Hall–Kier alpha value is -2.99. The summed E-state index contributed by atoms with van der Waals surface area (Å²) in [6.07, 6.45) is 3.51. The van der Waals surface area contributed by atoms with Gasteiger partial charge in [-0.05, 0) is 42.7 Å². The number of nitrogens with one attached hydrogen (secondary N) is 1. The van der Waals surface area contributed by atoms with Crippen LogP contribution in [0.2, 0.25) is 10.0 Å². The molecule has 2 aromatic carbocycles. The number of amides is 1. The maximum Gasteiger partial charge on any atom is 0.257 e. The van der Waals surface area contributed by atoms with Crippen LogP contribution in [-0.4, -0.2) is 75.4 Å². The number of fused-ring (bicyclic) bond motifs is 1. The zero-order chi connectivity index (χ0) is 31.1. The second kappa shape index (κ2) is 12.4. The lowest BCUT2D eigenvalue weighted by molar-refractivity contribution is -0.149. The van der Waals surface area contributed by atoms with Crippen molar-refractivity contribution in [1.29, 1.82) is 0 Å². The summed E-state index contributed by atoms with van der Waals surface area (Å²) in [5.74, 6) is -0.907. The second-order valence-electron chi connectivity index (χ2n) is 11.7. The van der Waals surface area contributed by atoms with E-state index in [1.165, 1.54) is 23.4 Å². The first-order chi connectivity index (χ1) is 21.1. The molecule has 0 unspecified atom stereocenters. The molecule has 3 aliphatic rings. The normalized spacial score (nSPS) is 23.7. The van der Waals surface area contributed by atoms with Gasteiger partial charge in [-0.15, -0.1) is 0 Å². The molecule has 12 heteroatoms. The van der Waals surface area contributed by atoms with E-state index in [2.05, 4.69) is 20.2 Å². The molecule has 2 fully saturated rings. The summed E-state index contributed by atoms with van der Waals surface area (Å²) in [5.41, 5.74) is -2.31. The number of Topliss-reactive ketones (excluding diaryl/α,β-unsaturated/α-hetero) is 1. The molecule has 6 rings (SSSR count). The lowest BCUT2D eigenvalue weighted by Gasteiger charge is -2.41. The Bertz CT molecular complexity index is 1550. The maximum atomic E-state index is 16.8. The number of ketones is 1. The molecule has 1 saturated carbocycles. The minimum absolute atomic E-state index is 0.0162. The van der Waals surface area contributed by atoms with Crippen molar-refractivity contribution in [1.82, 2.24) is 25.1 Å². The first-order valence-electron chi connectivity index (χ1n) is 14.9. The highest BCUT2D eigenvalue weighted by molar-refractivity contribution is 6.30. The van der Waals surface area contributed by atoms with Gasteiger partial charge in [-0.2, -0.15) is 0 Å². The monoisotopic (exact) mass is 641 g/mol. The zero-order valence-electron chi connectivity index (χ0n) is 24.4. The van der Waals surface area contributed by atoms with Gasteiger partial charge in [-0.3, -0.25) is 19.4 Å². The van der Waals surface area contributed by atoms with Gasteiger partial charge in [0, 0.05) is 68.5 Å². The fourth-order valence-electron chi connectivity index (χ4n) is 6.49. The van der Waals surface area contributed by atoms with Gasteiger partial charge in [0.2, 0.25) is 5.72 Å². The number of nitrogens with zero attached hydrogens (tertiary/aromatic N) is 4. The second-order valence-corrected chi connectivity index (χ2v) is 12.5. The first-order valence-corrected chi connectivity index (χ1v) is 15.6. The van der Waals surface area contributed by atoms with E-state index in [1.54, 1.807) is 30.3 Å². The molecule has 1 amide bonds. The number of ether oxygens (including phenoxy) is 1. The first kappa shape index (κ1) is 31.0. The predicted octanol–water partition coefficient (Wildman–Crippen LogP) is 4.42. The summed E-state index contributed by atoms with van der Waals surface area (Å²) in [6.45, 7) is 5.09. The summed E-state index contributed by atoms with van der Waals surface area (Å²) in [4.78, 5) is 38.9. The number of β-amino-alcohol motifs (C(OH)–C–C–N with tert-alkyl or cyclic N) is 1. The predicted molar refractivity (Wildman–Crippen MR) is 163 cm³/mol. The van der Waals surface area contributed by atoms with Crippen LogP contribution in [-0.2, 0) is 27.4 Å². The number of carbonyl (C=O) groups is 2. The summed E-state index contributed by atoms with van der Waals surface area (Å²) in [7, 11) is 0. The molecule has 3 aromatic rings. The Kier molecular flexibility index (Phi) is 8.76. The van der Waals surface area contributed by atoms with Crippen LogP contribution in [0, 0.1) is 5.82 Å². The molecule has 2 aliphatic heterocycles. The standard InChI is InChI=1S/C32H34Cl2FN5O4/c1-2-31(43,19-39-11-9-36-10-12-39)21-13-26-29(27(35)14-21)32(20-3-5-22(33)6-4-20,44-25-8-7-24(41)15-25)40(30(26)42)18-28-37-16-23(34)17-38-28/h3-6,13-14,16-17,25,36,43H,2,7-12,15,18-19H2,1H3/t25-,31+,32+/m0/s1. The van der Waals surface area contributed by atoms with Gasteiger partial charge in [0.15, 0.2) is 0 Å². The number of hydrogen-bond acceptors (Lipinski definition) is 8. The van der Waals surface area contributed by atoms with Crippen molar-refractivity contribution in [3.05, 3.63) is 92.7 Å². The molecule has 9 nitrogen and oxygen atoms in total. The van der Waals surface area contributed by atoms with Crippen molar-refractivity contribution >= 4 is 34.9 Å². The van der Waals surface area contributed by atoms with Crippen LogP contribution in [0.25, 0.3) is 0 Å². The lowest BCUT2D eigenvalue weighted by atomic mass is 9.85. The molecule has 1 saturated heterocycles. The molecule has 2 N–H and O–H groups in total. The van der Waals surface area contributed by atoms with Crippen molar-refractivity contribution in [3.63, 3.8) is 0 Å². The number of benzene rings is 2. The van der Waals surface area contributed by atoms with Crippen molar-refractivity contribution < 1.29 is 23.8 Å². The Balaban J connectivity index is 1.52. The third-order valence-corrected chi connectivity index (χ3v) is 9.30. The fourth-order valence-corrected chi connectivity index (χ4v) is 6.72. The van der Waals surface area contributed by atoms with Crippen LogP contribution < -0.4 is 5.32 Å². The van der Waals surface area contributed by atoms with E-state index in [9.17, 15) is 14.7 Å². The van der Waals surface area contributed by atoms with Crippen molar-refractivity contribution in [3.8, 4) is 0 Å².